The third-order valence-electron chi connectivity index (χ3n) is 2.81. The molecule has 0 saturated carbocycles. The van der Waals surface area contributed by atoms with Gasteiger partial charge in [0.1, 0.15) is 0 Å². The fraction of sp³-hybridized carbons (Fsp3) is 0.583. The topological polar surface area (TPSA) is 24.4 Å². The molecule has 0 fully saturated rings. The van der Waals surface area contributed by atoms with E-state index < -0.39 is 0 Å². The van der Waals surface area contributed by atoms with E-state index in [-0.39, 0.29) is 0 Å². The van der Waals surface area contributed by atoms with Crippen LogP contribution in [0.3, 0.4) is 0 Å². The zero-order valence-corrected chi connectivity index (χ0v) is 11.6. The Bertz CT molecular complexity index is 382. The summed E-state index contributed by atoms with van der Waals surface area (Å²) in [5.41, 5.74) is 2.77. The highest BCUT2D eigenvalue weighted by atomic mass is 32.2. The van der Waals surface area contributed by atoms with Gasteiger partial charge >= 0.3 is 0 Å². The van der Waals surface area contributed by atoms with Crippen molar-refractivity contribution in [3.05, 3.63) is 21.9 Å². The molecule has 0 aliphatic carbocycles. The van der Waals surface area contributed by atoms with Crippen LogP contribution in [0.5, 0.6) is 0 Å². The van der Waals surface area contributed by atoms with Crippen molar-refractivity contribution in [1.82, 2.24) is 5.32 Å². The molecule has 1 aromatic rings. The van der Waals surface area contributed by atoms with E-state index in [1.165, 1.54) is 11.1 Å². The molecule has 1 aliphatic rings. The highest BCUT2D eigenvalue weighted by molar-refractivity contribution is 8.14. The van der Waals surface area contributed by atoms with Gasteiger partial charge < -0.3 is 5.32 Å². The summed E-state index contributed by atoms with van der Waals surface area (Å²) in [7, 11) is 0. The summed E-state index contributed by atoms with van der Waals surface area (Å²) < 4.78 is 0. The van der Waals surface area contributed by atoms with Crippen molar-refractivity contribution in [2.24, 2.45) is 10.9 Å². The number of rotatable bonds is 3. The highest BCUT2D eigenvalue weighted by Gasteiger charge is 2.22. The maximum Gasteiger partial charge on any atom is 0.157 e. The molecule has 1 atom stereocenters. The number of thiophene rings is 1. The first-order valence-electron chi connectivity index (χ1n) is 5.63. The molecule has 1 aliphatic heterocycles. The van der Waals surface area contributed by atoms with Crippen molar-refractivity contribution in [2.75, 3.05) is 6.54 Å². The second-order valence-electron chi connectivity index (χ2n) is 4.48. The summed E-state index contributed by atoms with van der Waals surface area (Å²) in [6.45, 7) is 8.56. The molecule has 1 unspecified atom stereocenters. The van der Waals surface area contributed by atoms with Crippen LogP contribution in [0.25, 0.3) is 0 Å². The van der Waals surface area contributed by atoms with Crippen LogP contribution in [0.4, 0.5) is 0 Å². The van der Waals surface area contributed by atoms with E-state index in [1.54, 1.807) is 11.3 Å². The normalized spacial score (nSPS) is 20.2. The van der Waals surface area contributed by atoms with E-state index in [9.17, 15) is 0 Å². The van der Waals surface area contributed by atoms with Crippen LogP contribution in [0.1, 0.15) is 25.0 Å². The quantitative estimate of drug-likeness (QED) is 0.895. The van der Waals surface area contributed by atoms with Gasteiger partial charge in [-0.1, -0.05) is 25.6 Å². The van der Waals surface area contributed by atoms with E-state index in [4.69, 9.17) is 0 Å². The molecule has 0 aromatic carbocycles. The molecule has 0 saturated heterocycles. The highest BCUT2D eigenvalue weighted by Crippen LogP contribution is 2.26. The number of thioether (sulfide) groups is 1. The fourth-order valence-electron chi connectivity index (χ4n) is 1.57. The molecule has 4 heteroatoms. The van der Waals surface area contributed by atoms with Crippen molar-refractivity contribution >= 4 is 28.3 Å². The maximum absolute atomic E-state index is 4.54. The van der Waals surface area contributed by atoms with Crippen molar-refractivity contribution in [3.8, 4) is 0 Å². The number of hydrogen-bond donors (Lipinski definition) is 1. The van der Waals surface area contributed by atoms with Gasteiger partial charge in [0.15, 0.2) is 5.17 Å². The second-order valence-corrected chi connectivity index (χ2v) is 6.45. The molecule has 1 aromatic heterocycles. The molecule has 2 rings (SSSR count). The summed E-state index contributed by atoms with van der Waals surface area (Å²) in [5, 5.41) is 9.61. The Morgan fingerprint density at radius 1 is 1.50 bits per heavy atom. The van der Waals surface area contributed by atoms with Crippen LogP contribution in [-0.2, 0) is 6.54 Å². The van der Waals surface area contributed by atoms with Crippen LogP contribution in [0.2, 0.25) is 0 Å². The van der Waals surface area contributed by atoms with E-state index in [0.29, 0.717) is 11.2 Å². The Hall–Kier alpha value is -0.480. The van der Waals surface area contributed by atoms with Gasteiger partial charge in [-0.3, -0.25) is 4.99 Å². The molecular weight excluding hydrogens is 236 g/mol. The Kier molecular flexibility index (Phi) is 3.92. The van der Waals surface area contributed by atoms with E-state index in [0.717, 1.165) is 18.3 Å². The van der Waals surface area contributed by atoms with Crippen LogP contribution < -0.4 is 5.32 Å². The van der Waals surface area contributed by atoms with Crippen LogP contribution in [0.15, 0.2) is 15.8 Å². The van der Waals surface area contributed by atoms with Gasteiger partial charge in [0.25, 0.3) is 0 Å². The van der Waals surface area contributed by atoms with E-state index in [2.05, 4.69) is 41.8 Å². The van der Waals surface area contributed by atoms with Crippen molar-refractivity contribution in [2.45, 2.75) is 32.6 Å². The van der Waals surface area contributed by atoms with Gasteiger partial charge in [-0.05, 0) is 34.7 Å². The first kappa shape index (κ1) is 12.0. The molecule has 16 heavy (non-hydrogen) atoms. The third-order valence-corrected chi connectivity index (χ3v) is 5.22. The maximum atomic E-state index is 4.54. The monoisotopic (exact) mass is 254 g/mol. The minimum absolute atomic E-state index is 0.658. The fourth-order valence-corrected chi connectivity index (χ4v) is 3.44. The number of amidine groups is 1. The second kappa shape index (κ2) is 5.23. The number of nitrogens with one attached hydrogen (secondary N) is 1. The molecule has 88 valence electrons. The average Bonchev–Trinajstić information content (AvgIpc) is 2.83. The van der Waals surface area contributed by atoms with Crippen molar-refractivity contribution in [3.63, 3.8) is 0 Å². The summed E-state index contributed by atoms with van der Waals surface area (Å²) in [6.07, 6.45) is 0. The first-order chi connectivity index (χ1) is 7.66. The molecule has 0 spiro atoms. The van der Waals surface area contributed by atoms with E-state index in [1.807, 2.05) is 11.8 Å². The van der Waals surface area contributed by atoms with E-state index >= 15 is 0 Å². The standard InChI is InChI=1S/C12H18N2S2/c1-8(2)11-5-14-12(16-11)13-4-10-7-15-6-9(10)3/h6-8,11H,4-5H2,1-3H3,(H,13,14). The molecule has 0 bridgehead atoms. The van der Waals surface area contributed by atoms with Gasteiger partial charge in [-0.25, -0.2) is 0 Å². The largest absolute Gasteiger partial charge is 0.361 e. The molecule has 1 N–H and O–H groups in total. The number of aliphatic imine (C=N–C) groups is 1. The van der Waals surface area contributed by atoms with Gasteiger partial charge in [0.2, 0.25) is 0 Å². The lowest BCUT2D eigenvalue weighted by Gasteiger charge is -2.12. The van der Waals surface area contributed by atoms with Gasteiger partial charge in [-0.15, -0.1) is 0 Å². The lowest BCUT2D eigenvalue weighted by molar-refractivity contribution is 0.621. The molecule has 2 nitrogen and oxygen atoms in total. The lowest BCUT2D eigenvalue weighted by atomic mass is 10.1. The Morgan fingerprint density at radius 3 is 2.88 bits per heavy atom. The summed E-state index contributed by atoms with van der Waals surface area (Å²) in [4.78, 5) is 4.54. The average molecular weight is 254 g/mol. The SMILES string of the molecule is Cc1cscc1CNC1=NCC(C(C)C)S1. The summed E-state index contributed by atoms with van der Waals surface area (Å²) in [5.74, 6) is 0.705. The van der Waals surface area contributed by atoms with Gasteiger partial charge in [-0.2, -0.15) is 11.3 Å². The number of aryl methyl sites for hydroxylation is 1. The Labute approximate surface area is 106 Å². The third kappa shape index (κ3) is 2.80. The van der Waals surface area contributed by atoms with Gasteiger partial charge in [0.05, 0.1) is 6.54 Å². The number of nitrogens with zero attached hydrogens (tertiary/aromatic N) is 1. The van der Waals surface area contributed by atoms with Crippen molar-refractivity contribution in [1.29, 1.82) is 0 Å². The predicted molar refractivity (Wildman–Crippen MR) is 74.4 cm³/mol. The minimum Gasteiger partial charge on any atom is -0.361 e. The smallest absolute Gasteiger partial charge is 0.157 e. The first-order valence-corrected chi connectivity index (χ1v) is 7.45. The van der Waals surface area contributed by atoms with Gasteiger partial charge in [0, 0.05) is 11.8 Å². The Morgan fingerprint density at radius 2 is 2.31 bits per heavy atom. The molecule has 2 heterocycles. The number of hydrogen-bond acceptors (Lipinski definition) is 4. The lowest BCUT2D eigenvalue weighted by Crippen LogP contribution is -2.20. The van der Waals surface area contributed by atoms with Crippen LogP contribution in [-0.4, -0.2) is 17.0 Å². The molecule has 0 amide bonds. The predicted octanol–water partition coefficient (Wildman–Crippen LogP) is 3.27. The zero-order chi connectivity index (χ0) is 11.5. The molecule has 0 radical (unpaired) electrons. The van der Waals surface area contributed by atoms with Crippen molar-refractivity contribution < 1.29 is 0 Å². The minimum atomic E-state index is 0.658. The van der Waals surface area contributed by atoms with Crippen LogP contribution >= 0.6 is 23.1 Å². The van der Waals surface area contributed by atoms with Crippen LogP contribution in [0, 0.1) is 12.8 Å². The summed E-state index contributed by atoms with van der Waals surface area (Å²) >= 11 is 3.66. The summed E-state index contributed by atoms with van der Waals surface area (Å²) in [6, 6.07) is 0. The Balaban J connectivity index is 1.82. The zero-order valence-electron chi connectivity index (χ0n) is 9.99. The molecular formula is C12H18N2S2.